The zero-order chi connectivity index (χ0) is 20.8. The first-order valence-electron chi connectivity index (χ1n) is 9.58. The summed E-state index contributed by atoms with van der Waals surface area (Å²) in [4.78, 5) is 16.5. The first-order valence-corrected chi connectivity index (χ1v) is 9.58. The monoisotopic (exact) mass is 406 g/mol. The van der Waals surface area contributed by atoms with Crippen molar-refractivity contribution in [3.05, 3.63) is 72.2 Å². The van der Waals surface area contributed by atoms with E-state index < -0.39 is 0 Å². The van der Waals surface area contributed by atoms with Crippen LogP contribution in [0.15, 0.2) is 70.3 Å². The van der Waals surface area contributed by atoms with Crippen molar-refractivity contribution in [2.45, 2.75) is 13.0 Å². The highest BCUT2D eigenvalue weighted by Gasteiger charge is 2.11. The first kappa shape index (κ1) is 19.4. The van der Waals surface area contributed by atoms with Crippen LogP contribution in [-0.2, 0) is 6.54 Å². The summed E-state index contributed by atoms with van der Waals surface area (Å²) in [7, 11) is 0. The van der Waals surface area contributed by atoms with Gasteiger partial charge in [-0.3, -0.25) is 4.79 Å². The fourth-order valence-electron chi connectivity index (χ4n) is 2.95. The number of nitrogens with zero attached hydrogens (tertiary/aromatic N) is 1. The third kappa shape index (κ3) is 4.91. The number of rotatable bonds is 5. The Kier molecular flexibility index (Phi) is 5.84. The van der Waals surface area contributed by atoms with E-state index in [9.17, 15) is 4.79 Å². The van der Waals surface area contributed by atoms with E-state index in [1.807, 2.05) is 36.4 Å². The number of benzene rings is 2. The summed E-state index contributed by atoms with van der Waals surface area (Å²) >= 11 is 0. The molecule has 1 aliphatic heterocycles. The van der Waals surface area contributed by atoms with Crippen LogP contribution in [0.5, 0.6) is 11.5 Å². The van der Waals surface area contributed by atoms with Gasteiger partial charge in [0.2, 0.25) is 0 Å². The predicted octanol–water partition coefficient (Wildman–Crippen LogP) is 3.62. The van der Waals surface area contributed by atoms with Crippen molar-refractivity contribution in [2.24, 2.45) is 10.7 Å². The maximum absolute atomic E-state index is 12.1. The van der Waals surface area contributed by atoms with Crippen molar-refractivity contribution in [3.8, 4) is 11.5 Å². The van der Waals surface area contributed by atoms with Gasteiger partial charge >= 0.3 is 0 Å². The quantitative estimate of drug-likeness (QED) is 0.441. The molecule has 1 amide bonds. The van der Waals surface area contributed by atoms with Crippen LogP contribution in [0.3, 0.4) is 0 Å². The minimum atomic E-state index is -0.309. The second-order valence-corrected chi connectivity index (χ2v) is 6.67. The van der Waals surface area contributed by atoms with Gasteiger partial charge in [0.15, 0.2) is 23.2 Å². The van der Waals surface area contributed by atoms with E-state index in [1.54, 1.807) is 18.2 Å². The molecular formula is C22H22N4O4. The number of hydrogen-bond acceptors (Lipinski definition) is 5. The standard InChI is InChI=1S/C22H22N4O4/c23-22(26-17-7-8-18-20(13-17)30-11-3-10-28-18)24-14-15-4-1-5-16(12-15)25-21(27)19-6-2-9-29-19/h1-2,4-9,12-13H,3,10-11,14H2,(H,25,27)(H3,23,24,26). The highest BCUT2D eigenvalue weighted by atomic mass is 16.5. The second-order valence-electron chi connectivity index (χ2n) is 6.67. The maximum Gasteiger partial charge on any atom is 0.291 e. The summed E-state index contributed by atoms with van der Waals surface area (Å²) < 4.78 is 16.4. The zero-order valence-electron chi connectivity index (χ0n) is 16.3. The number of amides is 1. The molecule has 4 N–H and O–H groups in total. The molecule has 1 aromatic heterocycles. The lowest BCUT2D eigenvalue weighted by Crippen LogP contribution is -2.22. The van der Waals surface area contributed by atoms with Crippen molar-refractivity contribution in [1.29, 1.82) is 0 Å². The van der Waals surface area contributed by atoms with Crippen LogP contribution >= 0.6 is 0 Å². The number of carbonyl (C=O) groups is 1. The van der Waals surface area contributed by atoms with Gasteiger partial charge in [-0.15, -0.1) is 0 Å². The topological polar surface area (TPSA) is 111 Å². The number of carbonyl (C=O) groups excluding carboxylic acids is 1. The molecule has 1 aliphatic rings. The second kappa shape index (κ2) is 9.04. The Balaban J connectivity index is 1.37. The number of hydrogen-bond donors (Lipinski definition) is 3. The first-order chi connectivity index (χ1) is 14.7. The van der Waals surface area contributed by atoms with Gasteiger partial charge in [0.05, 0.1) is 26.0 Å². The summed E-state index contributed by atoms with van der Waals surface area (Å²) in [6.07, 6.45) is 2.31. The smallest absolute Gasteiger partial charge is 0.291 e. The van der Waals surface area contributed by atoms with Crippen LogP contribution in [0.25, 0.3) is 0 Å². The van der Waals surface area contributed by atoms with E-state index >= 15 is 0 Å². The Morgan fingerprint density at radius 3 is 2.63 bits per heavy atom. The molecule has 154 valence electrons. The molecule has 0 saturated carbocycles. The largest absolute Gasteiger partial charge is 0.490 e. The average molecular weight is 406 g/mol. The molecule has 0 atom stereocenters. The van der Waals surface area contributed by atoms with E-state index in [1.165, 1.54) is 6.26 Å². The fourth-order valence-corrected chi connectivity index (χ4v) is 2.95. The molecule has 8 heteroatoms. The molecule has 8 nitrogen and oxygen atoms in total. The number of fused-ring (bicyclic) bond motifs is 1. The van der Waals surface area contributed by atoms with Gasteiger partial charge in [0.25, 0.3) is 5.91 Å². The molecule has 4 rings (SSSR count). The van der Waals surface area contributed by atoms with E-state index in [4.69, 9.17) is 19.6 Å². The zero-order valence-corrected chi connectivity index (χ0v) is 16.3. The highest BCUT2D eigenvalue weighted by molar-refractivity contribution is 6.02. The Morgan fingerprint density at radius 2 is 1.80 bits per heavy atom. The van der Waals surface area contributed by atoms with Gasteiger partial charge in [-0.2, -0.15) is 0 Å². The van der Waals surface area contributed by atoms with Crippen LogP contribution in [0, 0.1) is 0 Å². The Morgan fingerprint density at radius 1 is 0.967 bits per heavy atom. The summed E-state index contributed by atoms with van der Waals surface area (Å²) in [5, 5.41) is 5.85. The van der Waals surface area contributed by atoms with Crippen LogP contribution in [0.2, 0.25) is 0 Å². The van der Waals surface area contributed by atoms with Crippen molar-refractivity contribution in [2.75, 3.05) is 23.8 Å². The Hall–Kier alpha value is -3.94. The van der Waals surface area contributed by atoms with Crippen molar-refractivity contribution in [1.82, 2.24) is 0 Å². The average Bonchev–Trinajstić information content (AvgIpc) is 3.19. The Labute approximate surface area is 173 Å². The molecule has 0 spiro atoms. The number of guanidine groups is 1. The molecule has 2 heterocycles. The number of aliphatic imine (C=N–C) groups is 1. The van der Waals surface area contributed by atoms with Crippen LogP contribution in [0.4, 0.5) is 11.4 Å². The Bertz CT molecular complexity index is 1050. The summed E-state index contributed by atoms with van der Waals surface area (Å²) in [6.45, 7) is 1.62. The van der Waals surface area contributed by atoms with Gasteiger partial charge in [-0.1, -0.05) is 12.1 Å². The molecule has 2 aromatic carbocycles. The molecule has 0 saturated heterocycles. The molecular weight excluding hydrogens is 384 g/mol. The number of nitrogens with one attached hydrogen (secondary N) is 2. The number of furan rings is 1. The van der Waals surface area contributed by atoms with Gasteiger partial charge in [0, 0.05) is 23.9 Å². The third-order valence-corrected chi connectivity index (χ3v) is 4.38. The van der Waals surface area contributed by atoms with Gasteiger partial charge in [-0.25, -0.2) is 4.99 Å². The third-order valence-electron chi connectivity index (χ3n) is 4.38. The van der Waals surface area contributed by atoms with Crippen LogP contribution in [-0.4, -0.2) is 25.1 Å². The predicted molar refractivity (Wildman–Crippen MR) is 114 cm³/mol. The van der Waals surface area contributed by atoms with E-state index in [-0.39, 0.29) is 17.6 Å². The fraction of sp³-hybridized carbons (Fsp3) is 0.182. The van der Waals surface area contributed by atoms with E-state index in [0.29, 0.717) is 31.2 Å². The molecule has 0 aliphatic carbocycles. The van der Waals surface area contributed by atoms with Crippen molar-refractivity contribution < 1.29 is 18.7 Å². The molecule has 0 bridgehead atoms. The van der Waals surface area contributed by atoms with Crippen LogP contribution in [0.1, 0.15) is 22.5 Å². The highest BCUT2D eigenvalue weighted by Crippen LogP contribution is 2.32. The van der Waals surface area contributed by atoms with Crippen molar-refractivity contribution >= 4 is 23.2 Å². The lowest BCUT2D eigenvalue weighted by molar-refractivity contribution is 0.0996. The summed E-state index contributed by atoms with van der Waals surface area (Å²) in [6, 6.07) is 16.2. The maximum atomic E-state index is 12.1. The SMILES string of the molecule is NC(=NCc1cccc(NC(=O)c2ccco2)c1)Nc1ccc2c(c1)OCCCO2. The number of nitrogens with two attached hydrogens (primary N) is 1. The molecule has 0 radical (unpaired) electrons. The molecule has 0 fully saturated rings. The van der Waals surface area contributed by atoms with Gasteiger partial charge < -0.3 is 30.3 Å². The van der Waals surface area contributed by atoms with E-state index in [2.05, 4.69) is 15.6 Å². The lowest BCUT2D eigenvalue weighted by atomic mass is 10.2. The van der Waals surface area contributed by atoms with Gasteiger partial charge in [0.1, 0.15) is 0 Å². The number of anilines is 2. The van der Waals surface area contributed by atoms with Crippen LogP contribution < -0.4 is 25.8 Å². The normalized spacial score (nSPS) is 13.4. The van der Waals surface area contributed by atoms with E-state index in [0.717, 1.165) is 23.4 Å². The molecule has 0 unspecified atom stereocenters. The lowest BCUT2D eigenvalue weighted by Gasteiger charge is -2.11. The van der Waals surface area contributed by atoms with Crippen molar-refractivity contribution in [3.63, 3.8) is 0 Å². The molecule has 3 aromatic rings. The summed E-state index contributed by atoms with van der Waals surface area (Å²) in [5.41, 5.74) is 8.34. The molecule has 30 heavy (non-hydrogen) atoms. The van der Waals surface area contributed by atoms with Gasteiger partial charge in [-0.05, 0) is 42.0 Å². The summed E-state index contributed by atoms with van der Waals surface area (Å²) in [5.74, 6) is 1.63. The minimum Gasteiger partial charge on any atom is -0.490 e. The minimum absolute atomic E-state index is 0.252. The number of ether oxygens (including phenoxy) is 2.